The van der Waals surface area contributed by atoms with Crippen molar-refractivity contribution in [3.8, 4) is 11.6 Å². The highest BCUT2D eigenvalue weighted by atomic mass is 16.5. The highest BCUT2D eigenvalue weighted by Crippen LogP contribution is 2.28. The molecule has 4 aromatic rings. The smallest absolute Gasteiger partial charge is 0.266 e. The Morgan fingerprint density at radius 3 is 2.78 bits per heavy atom. The molecule has 2 aromatic carbocycles. The lowest BCUT2D eigenvalue weighted by atomic mass is 10.0. The van der Waals surface area contributed by atoms with Crippen molar-refractivity contribution in [3.63, 3.8) is 0 Å². The first kappa shape index (κ1) is 13.7. The molecule has 5 nitrogen and oxygen atoms in total. The molecule has 23 heavy (non-hydrogen) atoms. The Balaban J connectivity index is 1.84. The molecule has 0 bridgehead atoms. The molecule has 2 aromatic heterocycles. The van der Waals surface area contributed by atoms with Crippen LogP contribution in [0.4, 0.5) is 0 Å². The summed E-state index contributed by atoms with van der Waals surface area (Å²) in [5, 5.41) is 8.14. The first-order chi connectivity index (χ1) is 11.2. The number of benzene rings is 2. The predicted molar refractivity (Wildman–Crippen MR) is 88.9 cm³/mol. The molecule has 0 aliphatic carbocycles. The topological polar surface area (TPSA) is 52.3 Å². The number of nitrogens with zero attached hydrogens (tertiary/aromatic N) is 4. The zero-order chi connectivity index (χ0) is 15.8. The standard InChI is InChI=1S/C18H16N4O/c1-12(2)13-6-5-7-14(10-13)23-18-17-21-19-11-22(17)16-9-4-3-8-15(16)20-18/h3-12H,1-2H3. The van der Waals surface area contributed by atoms with E-state index in [0.29, 0.717) is 17.4 Å². The van der Waals surface area contributed by atoms with Crippen LogP contribution < -0.4 is 4.74 Å². The van der Waals surface area contributed by atoms with Gasteiger partial charge in [-0.05, 0) is 35.7 Å². The van der Waals surface area contributed by atoms with Gasteiger partial charge in [0, 0.05) is 0 Å². The van der Waals surface area contributed by atoms with E-state index in [1.807, 2.05) is 46.9 Å². The molecule has 0 atom stereocenters. The Bertz CT molecular complexity index is 991. The minimum atomic E-state index is 0.441. The Labute approximate surface area is 133 Å². The number of hydrogen-bond acceptors (Lipinski definition) is 4. The van der Waals surface area contributed by atoms with Crippen molar-refractivity contribution in [2.45, 2.75) is 19.8 Å². The summed E-state index contributed by atoms with van der Waals surface area (Å²) in [6.07, 6.45) is 1.68. The zero-order valence-corrected chi connectivity index (χ0v) is 13.0. The predicted octanol–water partition coefficient (Wildman–Crippen LogP) is 4.19. The summed E-state index contributed by atoms with van der Waals surface area (Å²) in [5.74, 6) is 1.65. The SMILES string of the molecule is CC(C)c1cccc(Oc2nc3ccccc3n3cnnc23)c1. The molecule has 0 saturated heterocycles. The van der Waals surface area contributed by atoms with E-state index < -0.39 is 0 Å². The number of para-hydroxylation sites is 2. The van der Waals surface area contributed by atoms with Gasteiger partial charge in [-0.3, -0.25) is 4.40 Å². The van der Waals surface area contributed by atoms with Crippen molar-refractivity contribution in [1.82, 2.24) is 19.6 Å². The quantitative estimate of drug-likeness (QED) is 0.569. The first-order valence-corrected chi connectivity index (χ1v) is 7.58. The van der Waals surface area contributed by atoms with Crippen LogP contribution >= 0.6 is 0 Å². The normalized spacial score (nSPS) is 11.4. The number of aromatic nitrogens is 4. The fourth-order valence-corrected chi connectivity index (χ4v) is 2.60. The van der Waals surface area contributed by atoms with Gasteiger partial charge < -0.3 is 4.74 Å². The third kappa shape index (κ3) is 2.40. The number of ether oxygens (including phenoxy) is 1. The molecule has 0 radical (unpaired) electrons. The van der Waals surface area contributed by atoms with E-state index in [1.165, 1.54) is 5.56 Å². The van der Waals surface area contributed by atoms with E-state index in [-0.39, 0.29) is 0 Å². The van der Waals surface area contributed by atoms with Gasteiger partial charge in [0.1, 0.15) is 12.1 Å². The third-order valence-corrected chi connectivity index (χ3v) is 3.84. The largest absolute Gasteiger partial charge is 0.436 e. The molecule has 0 amide bonds. The van der Waals surface area contributed by atoms with E-state index in [0.717, 1.165) is 16.8 Å². The molecule has 2 heterocycles. The van der Waals surface area contributed by atoms with Gasteiger partial charge in [-0.1, -0.05) is 38.1 Å². The second kappa shape index (κ2) is 5.35. The lowest BCUT2D eigenvalue weighted by molar-refractivity contribution is 0.466. The molecule has 0 N–H and O–H groups in total. The van der Waals surface area contributed by atoms with Gasteiger partial charge in [-0.15, -0.1) is 10.2 Å². The van der Waals surface area contributed by atoms with Crippen molar-refractivity contribution in [1.29, 1.82) is 0 Å². The van der Waals surface area contributed by atoms with Crippen molar-refractivity contribution in [2.24, 2.45) is 0 Å². The monoisotopic (exact) mass is 304 g/mol. The summed E-state index contributed by atoms with van der Waals surface area (Å²) in [5.41, 5.74) is 3.63. The Kier molecular flexibility index (Phi) is 3.19. The summed E-state index contributed by atoms with van der Waals surface area (Å²) in [4.78, 5) is 4.60. The minimum absolute atomic E-state index is 0.441. The van der Waals surface area contributed by atoms with Gasteiger partial charge in [-0.2, -0.15) is 0 Å². The van der Waals surface area contributed by atoms with E-state index >= 15 is 0 Å². The fraction of sp³-hybridized carbons (Fsp3) is 0.167. The summed E-state index contributed by atoms with van der Waals surface area (Å²) in [6.45, 7) is 4.31. The van der Waals surface area contributed by atoms with Gasteiger partial charge in [0.05, 0.1) is 11.0 Å². The molecule has 4 rings (SSSR count). The van der Waals surface area contributed by atoms with Crippen molar-refractivity contribution >= 4 is 16.7 Å². The van der Waals surface area contributed by atoms with E-state index in [1.54, 1.807) is 6.33 Å². The highest BCUT2D eigenvalue weighted by molar-refractivity contribution is 5.79. The second-order valence-corrected chi connectivity index (χ2v) is 5.76. The molecule has 0 fully saturated rings. The summed E-state index contributed by atoms with van der Waals surface area (Å²) in [7, 11) is 0. The maximum atomic E-state index is 6.01. The molecular formula is C18H16N4O. The molecular weight excluding hydrogens is 288 g/mol. The second-order valence-electron chi connectivity index (χ2n) is 5.76. The molecule has 0 aliphatic rings. The van der Waals surface area contributed by atoms with Crippen LogP contribution in [0.5, 0.6) is 11.6 Å². The molecule has 0 aliphatic heterocycles. The van der Waals surface area contributed by atoms with Crippen LogP contribution in [0.3, 0.4) is 0 Å². The Morgan fingerprint density at radius 1 is 1.04 bits per heavy atom. The molecule has 114 valence electrons. The maximum absolute atomic E-state index is 6.01. The Morgan fingerprint density at radius 2 is 1.91 bits per heavy atom. The van der Waals surface area contributed by atoms with Crippen LogP contribution in [-0.2, 0) is 0 Å². The highest BCUT2D eigenvalue weighted by Gasteiger charge is 2.12. The number of fused-ring (bicyclic) bond motifs is 3. The summed E-state index contributed by atoms with van der Waals surface area (Å²) >= 11 is 0. The lowest BCUT2D eigenvalue weighted by Gasteiger charge is -2.10. The average Bonchev–Trinajstić information content (AvgIpc) is 3.05. The van der Waals surface area contributed by atoms with E-state index in [4.69, 9.17) is 4.74 Å². The Hall–Kier alpha value is -2.95. The van der Waals surface area contributed by atoms with Gasteiger partial charge in [-0.25, -0.2) is 4.98 Å². The fourth-order valence-electron chi connectivity index (χ4n) is 2.60. The van der Waals surface area contributed by atoms with Gasteiger partial charge >= 0.3 is 0 Å². The minimum Gasteiger partial charge on any atom is -0.436 e. The molecule has 5 heteroatoms. The first-order valence-electron chi connectivity index (χ1n) is 7.58. The lowest BCUT2D eigenvalue weighted by Crippen LogP contribution is -1.97. The molecule has 0 saturated carbocycles. The van der Waals surface area contributed by atoms with Crippen molar-refractivity contribution in [2.75, 3.05) is 0 Å². The van der Waals surface area contributed by atoms with Crippen molar-refractivity contribution in [3.05, 3.63) is 60.4 Å². The number of rotatable bonds is 3. The number of hydrogen-bond donors (Lipinski definition) is 0. The van der Waals surface area contributed by atoms with Gasteiger partial charge in [0.25, 0.3) is 5.88 Å². The van der Waals surface area contributed by atoms with Gasteiger partial charge in [0.2, 0.25) is 5.65 Å². The summed E-state index contributed by atoms with van der Waals surface area (Å²) in [6, 6.07) is 15.9. The maximum Gasteiger partial charge on any atom is 0.266 e. The molecule has 0 spiro atoms. The van der Waals surface area contributed by atoms with E-state index in [9.17, 15) is 0 Å². The van der Waals surface area contributed by atoms with Gasteiger partial charge in [0.15, 0.2) is 0 Å². The average molecular weight is 304 g/mol. The van der Waals surface area contributed by atoms with E-state index in [2.05, 4.69) is 35.1 Å². The van der Waals surface area contributed by atoms with Crippen LogP contribution in [0.25, 0.3) is 16.7 Å². The van der Waals surface area contributed by atoms with Crippen LogP contribution in [0.1, 0.15) is 25.3 Å². The van der Waals surface area contributed by atoms with Crippen LogP contribution in [0.15, 0.2) is 54.9 Å². The van der Waals surface area contributed by atoms with Crippen molar-refractivity contribution < 1.29 is 4.74 Å². The molecule has 0 unspecified atom stereocenters. The van der Waals surface area contributed by atoms with Crippen LogP contribution in [0, 0.1) is 0 Å². The zero-order valence-electron chi connectivity index (χ0n) is 13.0. The third-order valence-electron chi connectivity index (χ3n) is 3.84. The summed E-state index contributed by atoms with van der Waals surface area (Å²) < 4.78 is 7.91. The van der Waals surface area contributed by atoms with Crippen LogP contribution in [-0.4, -0.2) is 19.6 Å². The van der Waals surface area contributed by atoms with Crippen LogP contribution in [0.2, 0.25) is 0 Å².